The molecule has 0 saturated carbocycles. The van der Waals surface area contributed by atoms with Gasteiger partial charge in [0.25, 0.3) is 11.1 Å². The topological polar surface area (TPSA) is 64.0 Å². The van der Waals surface area contributed by atoms with Gasteiger partial charge < -0.3 is 18.9 Å². The van der Waals surface area contributed by atoms with E-state index < -0.39 is 17.8 Å². The summed E-state index contributed by atoms with van der Waals surface area (Å²) in [6.45, 7) is 9.96. The first-order chi connectivity index (χ1) is 19.0. The molecule has 0 N–H and O–H groups in total. The number of carbonyl (C=O) groups is 2. The van der Waals surface area contributed by atoms with Crippen molar-refractivity contribution in [3.05, 3.63) is 76.5 Å². The summed E-state index contributed by atoms with van der Waals surface area (Å²) in [7, 11) is 1.72. The van der Waals surface area contributed by atoms with Gasteiger partial charge in [-0.25, -0.2) is 0 Å². The van der Waals surface area contributed by atoms with Crippen LogP contribution < -0.4 is 4.74 Å². The quantitative estimate of drug-likeness (QED) is 0.341. The van der Waals surface area contributed by atoms with Gasteiger partial charge in [0.05, 0.1) is 29.4 Å². The molecule has 2 aliphatic rings. The summed E-state index contributed by atoms with van der Waals surface area (Å²) >= 11 is 12.1. The van der Waals surface area contributed by atoms with Gasteiger partial charge in [-0.05, 0) is 54.3 Å². The molecule has 1 aromatic carbocycles. The number of amides is 1. The molecule has 4 rings (SSSR count). The molecule has 11 heteroatoms. The van der Waals surface area contributed by atoms with Crippen LogP contribution in [0.1, 0.15) is 32.8 Å². The number of hydrogen-bond acceptors (Lipinski definition) is 5. The van der Waals surface area contributed by atoms with E-state index in [1.165, 1.54) is 12.1 Å². The monoisotopic (exact) mass is 593 g/mol. The number of ether oxygens (including phenoxy) is 2. The molecule has 1 saturated heterocycles. The molecule has 1 fully saturated rings. The van der Waals surface area contributed by atoms with Crippen LogP contribution >= 0.6 is 23.2 Å². The number of nitrogens with zero attached hydrogens (tertiary/aromatic N) is 3. The van der Waals surface area contributed by atoms with Crippen molar-refractivity contribution in [3.63, 3.8) is 0 Å². The van der Waals surface area contributed by atoms with Crippen molar-refractivity contribution in [2.24, 2.45) is 7.05 Å². The average Bonchev–Trinajstić information content (AvgIpc) is 3.23. The smallest absolute Gasteiger partial charge is 0.387 e. The lowest BCUT2D eigenvalue weighted by Crippen LogP contribution is -2.51. The van der Waals surface area contributed by atoms with E-state index >= 15 is 0 Å². The minimum absolute atomic E-state index is 0.103. The zero-order valence-electron chi connectivity index (χ0n) is 22.4. The highest BCUT2D eigenvalue weighted by molar-refractivity contribution is 6.68. The molecule has 2 aromatic rings. The van der Waals surface area contributed by atoms with Crippen LogP contribution in [-0.2, 0) is 11.8 Å². The number of benzene rings is 1. The third-order valence-electron chi connectivity index (χ3n) is 7.52. The minimum atomic E-state index is -3.14. The van der Waals surface area contributed by atoms with Gasteiger partial charge in [0.2, 0.25) is 0 Å². The van der Waals surface area contributed by atoms with Crippen LogP contribution in [0.2, 0.25) is 5.02 Å². The molecular weight excluding hydrogens is 563 g/mol. The summed E-state index contributed by atoms with van der Waals surface area (Å²) in [6, 6.07) is 3.97. The van der Waals surface area contributed by atoms with Crippen LogP contribution in [-0.4, -0.2) is 77.6 Å². The standard InChI is InChI=1S/C29H31Cl2F2N3O4/c1-5-18-11-20(16-35-7-9-39-10-8-35)36(15-19(18)6-2)28(38)23-14-26(40-29(32)33)24(30)12-22(23)25-13-21(27(31)37)17(3)34(25)4/h5-6,12-14,20,29H,1-2,7-11,15-16H2,3-4H3. The Balaban J connectivity index is 1.85. The first-order valence-corrected chi connectivity index (χ1v) is 13.5. The number of hydrogen-bond donors (Lipinski definition) is 0. The van der Waals surface area contributed by atoms with E-state index in [4.69, 9.17) is 27.9 Å². The fraction of sp³-hybridized carbons (Fsp3) is 0.379. The maximum Gasteiger partial charge on any atom is 0.387 e. The van der Waals surface area contributed by atoms with Gasteiger partial charge in [-0.3, -0.25) is 14.5 Å². The van der Waals surface area contributed by atoms with E-state index in [0.717, 1.165) is 24.2 Å². The van der Waals surface area contributed by atoms with E-state index in [1.54, 1.807) is 41.7 Å². The molecule has 2 aliphatic heterocycles. The summed E-state index contributed by atoms with van der Waals surface area (Å²) < 4.78 is 38.3. The van der Waals surface area contributed by atoms with Gasteiger partial charge in [-0.15, -0.1) is 0 Å². The summed E-state index contributed by atoms with van der Waals surface area (Å²) in [4.78, 5) is 30.4. The van der Waals surface area contributed by atoms with Gasteiger partial charge in [0.1, 0.15) is 5.75 Å². The lowest BCUT2D eigenvalue weighted by atomic mass is 9.91. The van der Waals surface area contributed by atoms with Crippen molar-refractivity contribution in [1.82, 2.24) is 14.4 Å². The van der Waals surface area contributed by atoms with Gasteiger partial charge in [-0.2, -0.15) is 8.78 Å². The van der Waals surface area contributed by atoms with Gasteiger partial charge in [-0.1, -0.05) is 36.9 Å². The number of rotatable bonds is 9. The number of allylic oxidation sites excluding steroid dienone is 1. The van der Waals surface area contributed by atoms with E-state index in [1.807, 2.05) is 0 Å². The fourth-order valence-electron chi connectivity index (χ4n) is 5.24. The molecule has 0 spiro atoms. The van der Waals surface area contributed by atoms with Gasteiger partial charge >= 0.3 is 6.61 Å². The third-order valence-corrected chi connectivity index (χ3v) is 8.02. The Morgan fingerprint density at radius 3 is 2.40 bits per heavy atom. The molecule has 1 aromatic heterocycles. The van der Waals surface area contributed by atoms with Crippen molar-refractivity contribution in [1.29, 1.82) is 0 Å². The molecule has 0 aliphatic carbocycles. The van der Waals surface area contributed by atoms with E-state index in [-0.39, 0.29) is 34.5 Å². The molecule has 1 amide bonds. The Bertz CT molecular complexity index is 1370. The third kappa shape index (κ3) is 6.17. The molecule has 3 heterocycles. The number of aromatic nitrogens is 1. The highest BCUT2D eigenvalue weighted by Crippen LogP contribution is 2.38. The Kier molecular flexibility index (Phi) is 9.51. The van der Waals surface area contributed by atoms with Crippen LogP contribution in [0.25, 0.3) is 11.3 Å². The zero-order chi connectivity index (χ0) is 29.1. The number of halogens is 4. The van der Waals surface area contributed by atoms with Crippen LogP contribution in [0, 0.1) is 6.92 Å². The Labute approximate surface area is 242 Å². The lowest BCUT2D eigenvalue weighted by Gasteiger charge is -2.41. The normalized spacial score (nSPS) is 18.3. The van der Waals surface area contributed by atoms with Gasteiger partial charge in [0, 0.05) is 56.2 Å². The minimum Gasteiger partial charge on any atom is -0.433 e. The maximum absolute atomic E-state index is 14.4. The first-order valence-electron chi connectivity index (χ1n) is 12.8. The molecular formula is C29H31Cl2F2N3O4. The van der Waals surface area contributed by atoms with Crippen LogP contribution in [0.5, 0.6) is 5.75 Å². The Morgan fingerprint density at radius 1 is 1.15 bits per heavy atom. The van der Waals surface area contributed by atoms with Crippen LogP contribution in [0.3, 0.4) is 0 Å². The lowest BCUT2D eigenvalue weighted by molar-refractivity contribution is -0.0498. The fourth-order valence-corrected chi connectivity index (χ4v) is 5.64. The molecule has 214 valence electrons. The molecule has 0 radical (unpaired) electrons. The summed E-state index contributed by atoms with van der Waals surface area (Å²) in [6.07, 6.45) is 4.03. The highest BCUT2D eigenvalue weighted by atomic mass is 35.5. The van der Waals surface area contributed by atoms with E-state index in [9.17, 15) is 18.4 Å². The van der Waals surface area contributed by atoms with Crippen molar-refractivity contribution < 1.29 is 27.8 Å². The van der Waals surface area contributed by atoms with Gasteiger partial charge in [0.15, 0.2) is 0 Å². The Hall–Kier alpha value is -2.98. The second-order valence-electron chi connectivity index (χ2n) is 9.73. The van der Waals surface area contributed by atoms with Crippen molar-refractivity contribution in [3.8, 4) is 17.0 Å². The molecule has 7 nitrogen and oxygen atoms in total. The van der Waals surface area contributed by atoms with Crippen molar-refractivity contribution >= 4 is 34.4 Å². The van der Waals surface area contributed by atoms with Crippen molar-refractivity contribution in [2.45, 2.75) is 26.0 Å². The van der Waals surface area contributed by atoms with Crippen LogP contribution in [0.4, 0.5) is 8.78 Å². The second-order valence-corrected chi connectivity index (χ2v) is 10.5. The average molecular weight is 594 g/mol. The summed E-state index contributed by atoms with van der Waals surface area (Å²) in [5, 5.41) is -0.760. The highest BCUT2D eigenvalue weighted by Gasteiger charge is 2.34. The first kappa shape index (κ1) is 30.0. The molecule has 40 heavy (non-hydrogen) atoms. The maximum atomic E-state index is 14.4. The number of morpholine rings is 1. The number of alkyl halides is 2. The number of carbonyl (C=O) groups excluding carboxylic acids is 2. The summed E-state index contributed by atoms with van der Waals surface area (Å²) in [5.74, 6) is -0.722. The van der Waals surface area contributed by atoms with E-state index in [0.29, 0.717) is 43.1 Å². The largest absolute Gasteiger partial charge is 0.433 e. The SMILES string of the molecule is C=CC1=C(C=C)CN(C(=O)c2cc(OC(F)F)c(Cl)cc2-c2cc(C(=O)Cl)c(C)n2C)C(CN2CCOCC2)C1. The van der Waals surface area contributed by atoms with E-state index in [2.05, 4.69) is 22.8 Å². The predicted octanol–water partition coefficient (Wildman–Crippen LogP) is 5.85. The molecule has 0 bridgehead atoms. The summed E-state index contributed by atoms with van der Waals surface area (Å²) in [5.41, 5.74) is 3.63. The predicted molar refractivity (Wildman–Crippen MR) is 152 cm³/mol. The Morgan fingerprint density at radius 2 is 1.82 bits per heavy atom. The second kappa shape index (κ2) is 12.7. The van der Waals surface area contributed by atoms with Crippen molar-refractivity contribution in [2.75, 3.05) is 39.4 Å². The molecule has 1 unspecified atom stereocenters. The molecule has 1 atom stereocenters. The zero-order valence-corrected chi connectivity index (χ0v) is 23.9. The van der Waals surface area contributed by atoms with Crippen LogP contribution in [0.15, 0.2) is 54.7 Å².